The molecule has 0 unspecified atom stereocenters. The van der Waals surface area contributed by atoms with Gasteiger partial charge in [0.1, 0.15) is 22.7 Å². The highest BCUT2D eigenvalue weighted by atomic mass is 19.1. The van der Waals surface area contributed by atoms with E-state index in [1.165, 1.54) is 12.1 Å². The molecule has 0 aliphatic rings. The van der Waals surface area contributed by atoms with E-state index < -0.39 is 0 Å². The van der Waals surface area contributed by atoms with Gasteiger partial charge in [-0.05, 0) is 25.1 Å². The molecule has 4 rings (SSSR count). The first-order chi connectivity index (χ1) is 13.1. The van der Waals surface area contributed by atoms with Gasteiger partial charge in [0, 0.05) is 25.4 Å². The number of halogens is 1. The van der Waals surface area contributed by atoms with Crippen LogP contribution >= 0.6 is 0 Å². The Hall–Kier alpha value is -3.62. The second-order valence-electron chi connectivity index (χ2n) is 5.81. The maximum Gasteiger partial charge on any atom is 0.223 e. The van der Waals surface area contributed by atoms with Crippen LogP contribution in [0, 0.1) is 5.82 Å². The fourth-order valence-corrected chi connectivity index (χ4v) is 2.95. The molecule has 3 heterocycles. The van der Waals surface area contributed by atoms with Crippen LogP contribution in [0.3, 0.4) is 0 Å². The molecule has 0 saturated carbocycles. The number of rotatable bonds is 4. The summed E-state index contributed by atoms with van der Waals surface area (Å²) in [5.41, 5.74) is 8.74. The minimum absolute atomic E-state index is 0.0986. The number of nitrogens with zero attached hydrogens (tertiary/aromatic N) is 6. The van der Waals surface area contributed by atoms with E-state index in [1.807, 2.05) is 11.5 Å². The summed E-state index contributed by atoms with van der Waals surface area (Å²) < 4.78 is 15.6. The van der Waals surface area contributed by atoms with Gasteiger partial charge in [-0.1, -0.05) is 12.1 Å². The highest BCUT2D eigenvalue weighted by Crippen LogP contribution is 2.30. The van der Waals surface area contributed by atoms with E-state index >= 15 is 0 Å². The molecule has 1 aromatic carbocycles. The van der Waals surface area contributed by atoms with Gasteiger partial charge in [-0.2, -0.15) is 4.98 Å². The van der Waals surface area contributed by atoms with Crippen LogP contribution in [-0.4, -0.2) is 36.5 Å². The summed E-state index contributed by atoms with van der Waals surface area (Å²) in [5.74, 6) is 0.839. The molecular weight excluding hydrogens is 347 g/mol. The van der Waals surface area contributed by atoms with Gasteiger partial charge in [-0.3, -0.25) is 0 Å². The molecule has 9 heteroatoms. The van der Waals surface area contributed by atoms with Crippen LogP contribution in [0.5, 0.6) is 0 Å². The molecule has 3 aromatic heterocycles. The van der Waals surface area contributed by atoms with Crippen LogP contribution < -0.4 is 11.1 Å². The summed E-state index contributed by atoms with van der Waals surface area (Å²) in [6.45, 7) is 2.58. The first kappa shape index (κ1) is 16.8. The molecule has 3 N–H and O–H groups in total. The second kappa shape index (κ2) is 6.60. The third-order valence-corrected chi connectivity index (χ3v) is 4.13. The van der Waals surface area contributed by atoms with Crippen molar-refractivity contribution in [1.29, 1.82) is 0 Å². The number of nitrogen functional groups attached to an aromatic ring is 1. The average Bonchev–Trinajstić information content (AvgIpc) is 3.05. The third-order valence-electron chi connectivity index (χ3n) is 4.13. The maximum absolute atomic E-state index is 13.7. The minimum Gasteiger partial charge on any atom is -0.368 e. The summed E-state index contributed by atoms with van der Waals surface area (Å²) in [4.78, 5) is 22.0. The van der Waals surface area contributed by atoms with Crippen LogP contribution in [0.15, 0.2) is 36.5 Å². The quantitative estimate of drug-likeness (QED) is 0.573. The number of fused-ring (bicyclic) bond motifs is 1. The predicted molar refractivity (Wildman–Crippen MR) is 101 cm³/mol. The number of nitrogens with one attached hydrogen (secondary N) is 1. The zero-order chi connectivity index (χ0) is 19.0. The van der Waals surface area contributed by atoms with E-state index in [4.69, 9.17) is 10.7 Å². The number of hydrogen-bond acceptors (Lipinski definition) is 7. The van der Waals surface area contributed by atoms with E-state index in [1.54, 1.807) is 31.4 Å². The highest BCUT2D eigenvalue weighted by molar-refractivity contribution is 5.90. The SMILES string of the molecule is CCn1c(-c2ccnc(NC)n2)nc2c(-c3cccc(F)c3)nc(N)nc21. The molecule has 27 heavy (non-hydrogen) atoms. The van der Waals surface area contributed by atoms with Crippen molar-refractivity contribution in [2.24, 2.45) is 0 Å². The monoisotopic (exact) mass is 364 g/mol. The van der Waals surface area contributed by atoms with E-state index in [-0.39, 0.29) is 11.8 Å². The molecule has 136 valence electrons. The van der Waals surface area contributed by atoms with Crippen molar-refractivity contribution in [1.82, 2.24) is 29.5 Å². The van der Waals surface area contributed by atoms with Gasteiger partial charge >= 0.3 is 0 Å². The van der Waals surface area contributed by atoms with Crippen LogP contribution in [0.25, 0.3) is 33.9 Å². The van der Waals surface area contributed by atoms with Crippen LogP contribution in [-0.2, 0) is 6.54 Å². The molecule has 0 aliphatic carbocycles. The van der Waals surface area contributed by atoms with Crippen molar-refractivity contribution in [3.63, 3.8) is 0 Å². The van der Waals surface area contributed by atoms with E-state index in [0.717, 1.165) is 0 Å². The fraction of sp³-hybridized carbons (Fsp3) is 0.167. The zero-order valence-electron chi connectivity index (χ0n) is 14.8. The van der Waals surface area contributed by atoms with Crippen molar-refractivity contribution in [3.8, 4) is 22.8 Å². The van der Waals surface area contributed by atoms with Crippen LogP contribution in [0.4, 0.5) is 16.3 Å². The lowest BCUT2D eigenvalue weighted by molar-refractivity contribution is 0.628. The van der Waals surface area contributed by atoms with Gasteiger partial charge < -0.3 is 15.6 Å². The Kier molecular flexibility index (Phi) is 4.11. The van der Waals surface area contributed by atoms with E-state index in [9.17, 15) is 4.39 Å². The zero-order valence-corrected chi connectivity index (χ0v) is 14.8. The van der Waals surface area contributed by atoms with Crippen molar-refractivity contribution >= 4 is 23.1 Å². The van der Waals surface area contributed by atoms with Crippen molar-refractivity contribution in [3.05, 3.63) is 42.3 Å². The Bertz CT molecular complexity index is 1140. The Balaban J connectivity index is 2.01. The van der Waals surface area contributed by atoms with Gasteiger partial charge in [0.15, 0.2) is 11.5 Å². The smallest absolute Gasteiger partial charge is 0.223 e. The van der Waals surface area contributed by atoms with Crippen LogP contribution in [0.1, 0.15) is 6.92 Å². The van der Waals surface area contributed by atoms with Crippen molar-refractivity contribution in [2.45, 2.75) is 13.5 Å². The molecule has 0 aliphatic heterocycles. The second-order valence-corrected chi connectivity index (χ2v) is 5.81. The summed E-state index contributed by atoms with van der Waals surface area (Å²) in [7, 11) is 1.75. The largest absolute Gasteiger partial charge is 0.368 e. The maximum atomic E-state index is 13.7. The third kappa shape index (κ3) is 2.92. The Morgan fingerprint density at radius 1 is 1.15 bits per heavy atom. The molecule has 8 nitrogen and oxygen atoms in total. The van der Waals surface area contributed by atoms with Crippen molar-refractivity contribution in [2.75, 3.05) is 18.1 Å². The van der Waals surface area contributed by atoms with E-state index in [0.29, 0.717) is 46.4 Å². The first-order valence-corrected chi connectivity index (χ1v) is 8.41. The van der Waals surface area contributed by atoms with E-state index in [2.05, 4.69) is 25.3 Å². The van der Waals surface area contributed by atoms with Crippen molar-refractivity contribution < 1.29 is 4.39 Å². The number of nitrogens with two attached hydrogens (primary N) is 1. The lowest BCUT2D eigenvalue weighted by Gasteiger charge is -2.06. The number of aromatic nitrogens is 6. The number of imidazole rings is 1. The summed E-state index contributed by atoms with van der Waals surface area (Å²) in [6, 6.07) is 7.93. The summed E-state index contributed by atoms with van der Waals surface area (Å²) in [5, 5.41) is 2.91. The lowest BCUT2D eigenvalue weighted by atomic mass is 10.1. The number of benzene rings is 1. The Morgan fingerprint density at radius 3 is 2.74 bits per heavy atom. The predicted octanol–water partition coefficient (Wildman–Crippen LogP) is 2.73. The number of hydrogen-bond donors (Lipinski definition) is 2. The minimum atomic E-state index is -0.359. The molecule has 0 spiro atoms. The molecular formula is C18H17FN8. The normalized spacial score (nSPS) is 11.1. The Labute approximate surface area is 154 Å². The lowest BCUT2D eigenvalue weighted by Crippen LogP contribution is -2.04. The molecule has 0 fully saturated rings. The summed E-state index contributed by atoms with van der Waals surface area (Å²) in [6.07, 6.45) is 1.65. The average molecular weight is 364 g/mol. The molecule has 0 radical (unpaired) electrons. The standard InChI is InChI=1S/C18H17FN8/c1-3-27-15(12-7-8-22-18(21-2)23-12)24-14-13(25-17(20)26-16(14)27)10-5-4-6-11(19)9-10/h4-9H,3H2,1-2H3,(H2,20,25,26)(H,21,22,23). The van der Waals surface area contributed by atoms with Gasteiger partial charge in [0.25, 0.3) is 0 Å². The molecule has 0 bridgehead atoms. The van der Waals surface area contributed by atoms with Gasteiger partial charge in [0.2, 0.25) is 11.9 Å². The van der Waals surface area contributed by atoms with Gasteiger partial charge in [0.05, 0.1) is 0 Å². The first-order valence-electron chi connectivity index (χ1n) is 8.41. The molecule has 0 atom stereocenters. The van der Waals surface area contributed by atoms with Crippen LogP contribution in [0.2, 0.25) is 0 Å². The Morgan fingerprint density at radius 2 is 2.00 bits per heavy atom. The molecule has 0 amide bonds. The number of anilines is 2. The topological polar surface area (TPSA) is 107 Å². The highest BCUT2D eigenvalue weighted by Gasteiger charge is 2.20. The fourth-order valence-electron chi connectivity index (χ4n) is 2.95. The van der Waals surface area contributed by atoms with Gasteiger partial charge in [-0.15, -0.1) is 0 Å². The summed E-state index contributed by atoms with van der Waals surface area (Å²) >= 11 is 0. The van der Waals surface area contributed by atoms with Gasteiger partial charge in [-0.25, -0.2) is 24.3 Å². The molecule has 0 saturated heterocycles. The number of aryl methyl sites for hydroxylation is 1. The molecule has 4 aromatic rings.